The molecule has 0 amide bonds. The molecular formula is C27H37N7O4. The van der Waals surface area contributed by atoms with Crippen LogP contribution in [0.5, 0.6) is 11.5 Å². The van der Waals surface area contributed by atoms with Crippen LogP contribution in [0.1, 0.15) is 29.2 Å². The third-order valence-electron chi connectivity index (χ3n) is 6.13. The fourth-order valence-electron chi connectivity index (χ4n) is 4.27. The van der Waals surface area contributed by atoms with Crippen LogP contribution in [-0.2, 0) is 22.4 Å². The standard InChI is InChI=1S/C27H37N7O4/c1-35-23-10-7-19(17-24(23)36-2)18-30-26-32-25(29-12-14-38-16-15-37-13-11-28)33-27(34-26)31-22-9-8-20-5-3-4-6-21(20)22/h3-7,10,17,22H,8-9,11-16,18,28H2,1-2H3,(H3,29,30,31,32,33,34). The van der Waals surface area contributed by atoms with E-state index >= 15 is 0 Å². The van der Waals surface area contributed by atoms with Crippen molar-refractivity contribution in [2.75, 3.05) is 69.7 Å². The minimum atomic E-state index is 0.150. The van der Waals surface area contributed by atoms with E-state index in [2.05, 4.69) is 55.2 Å². The van der Waals surface area contributed by atoms with E-state index in [4.69, 9.17) is 24.7 Å². The highest BCUT2D eigenvalue weighted by molar-refractivity contribution is 5.47. The molecule has 0 fully saturated rings. The predicted octanol–water partition coefficient (Wildman–Crippen LogP) is 3.00. The van der Waals surface area contributed by atoms with E-state index < -0.39 is 0 Å². The maximum Gasteiger partial charge on any atom is 0.229 e. The monoisotopic (exact) mass is 523 g/mol. The number of fused-ring (bicyclic) bond motifs is 1. The molecule has 5 N–H and O–H groups in total. The molecule has 0 saturated carbocycles. The molecule has 0 saturated heterocycles. The van der Waals surface area contributed by atoms with E-state index in [-0.39, 0.29) is 6.04 Å². The summed E-state index contributed by atoms with van der Waals surface area (Å²) in [6.07, 6.45) is 2.02. The van der Waals surface area contributed by atoms with Crippen molar-refractivity contribution < 1.29 is 18.9 Å². The Morgan fingerprint density at radius 2 is 1.58 bits per heavy atom. The van der Waals surface area contributed by atoms with E-state index in [1.54, 1.807) is 14.2 Å². The molecule has 1 unspecified atom stereocenters. The number of ether oxygens (including phenoxy) is 4. The number of aromatic nitrogens is 3. The van der Waals surface area contributed by atoms with Gasteiger partial charge in [0.2, 0.25) is 17.8 Å². The summed E-state index contributed by atoms with van der Waals surface area (Å²) in [5.74, 6) is 2.78. The summed E-state index contributed by atoms with van der Waals surface area (Å²) in [5.41, 5.74) is 9.06. The van der Waals surface area contributed by atoms with Crippen molar-refractivity contribution >= 4 is 17.8 Å². The zero-order valence-electron chi connectivity index (χ0n) is 22.0. The quantitative estimate of drug-likeness (QED) is 0.206. The first-order valence-electron chi connectivity index (χ1n) is 12.8. The van der Waals surface area contributed by atoms with E-state index in [0.717, 1.165) is 18.4 Å². The summed E-state index contributed by atoms with van der Waals surface area (Å²) in [7, 11) is 3.24. The average Bonchev–Trinajstić information content (AvgIpc) is 3.35. The van der Waals surface area contributed by atoms with Crippen molar-refractivity contribution in [1.82, 2.24) is 15.0 Å². The smallest absolute Gasteiger partial charge is 0.229 e. The Hall–Kier alpha value is -3.67. The summed E-state index contributed by atoms with van der Waals surface area (Å²) in [6, 6.07) is 14.4. The van der Waals surface area contributed by atoms with Gasteiger partial charge in [-0.15, -0.1) is 0 Å². The molecule has 4 rings (SSSR count). The fraction of sp³-hybridized carbons (Fsp3) is 0.444. The molecule has 38 heavy (non-hydrogen) atoms. The molecule has 1 aliphatic rings. The molecule has 1 aliphatic carbocycles. The lowest BCUT2D eigenvalue weighted by molar-refractivity contribution is 0.0547. The van der Waals surface area contributed by atoms with Crippen LogP contribution in [0.4, 0.5) is 17.8 Å². The minimum Gasteiger partial charge on any atom is -0.493 e. The van der Waals surface area contributed by atoms with E-state index in [1.807, 2.05) is 18.2 Å². The third-order valence-corrected chi connectivity index (χ3v) is 6.13. The van der Waals surface area contributed by atoms with Crippen LogP contribution in [0.25, 0.3) is 0 Å². The Morgan fingerprint density at radius 1 is 0.842 bits per heavy atom. The molecular weight excluding hydrogens is 486 g/mol. The Kier molecular flexibility index (Phi) is 10.3. The van der Waals surface area contributed by atoms with Crippen LogP contribution < -0.4 is 31.2 Å². The SMILES string of the molecule is COc1ccc(CNc2nc(NCCOCCOCCN)nc(NC3CCc4ccccc43)n2)cc1OC. The van der Waals surface area contributed by atoms with Crippen LogP contribution in [0.3, 0.4) is 0 Å². The highest BCUT2D eigenvalue weighted by Gasteiger charge is 2.23. The largest absolute Gasteiger partial charge is 0.493 e. The van der Waals surface area contributed by atoms with Crippen molar-refractivity contribution in [2.45, 2.75) is 25.4 Å². The number of methoxy groups -OCH3 is 2. The topological polar surface area (TPSA) is 138 Å². The van der Waals surface area contributed by atoms with Crippen molar-refractivity contribution in [3.05, 3.63) is 59.2 Å². The van der Waals surface area contributed by atoms with Gasteiger partial charge in [0.25, 0.3) is 0 Å². The third kappa shape index (κ3) is 7.67. The number of rotatable bonds is 16. The summed E-state index contributed by atoms with van der Waals surface area (Å²) in [4.78, 5) is 13.8. The highest BCUT2D eigenvalue weighted by atomic mass is 16.5. The maximum absolute atomic E-state index is 5.60. The zero-order valence-corrected chi connectivity index (χ0v) is 22.0. The first-order chi connectivity index (χ1) is 18.7. The second-order valence-corrected chi connectivity index (χ2v) is 8.72. The molecule has 204 valence electrons. The van der Waals surface area contributed by atoms with E-state index in [0.29, 0.717) is 75.4 Å². The Bertz CT molecular complexity index is 1160. The van der Waals surface area contributed by atoms with Crippen molar-refractivity contribution in [2.24, 2.45) is 5.73 Å². The first kappa shape index (κ1) is 27.4. The Balaban J connectivity index is 1.41. The minimum absolute atomic E-state index is 0.150. The van der Waals surface area contributed by atoms with Gasteiger partial charge in [-0.25, -0.2) is 0 Å². The van der Waals surface area contributed by atoms with Gasteiger partial charge >= 0.3 is 0 Å². The lowest BCUT2D eigenvalue weighted by atomic mass is 10.1. The van der Waals surface area contributed by atoms with Crippen LogP contribution in [0, 0.1) is 0 Å². The van der Waals surface area contributed by atoms with E-state index in [1.165, 1.54) is 11.1 Å². The summed E-state index contributed by atoms with van der Waals surface area (Å²) in [5, 5.41) is 10.0. The predicted molar refractivity (Wildman–Crippen MR) is 147 cm³/mol. The average molecular weight is 524 g/mol. The lowest BCUT2D eigenvalue weighted by Gasteiger charge is -2.16. The van der Waals surface area contributed by atoms with Gasteiger partial charge in [-0.2, -0.15) is 15.0 Å². The molecule has 0 radical (unpaired) electrons. The molecule has 1 aromatic heterocycles. The van der Waals surface area contributed by atoms with E-state index in [9.17, 15) is 0 Å². The highest BCUT2D eigenvalue weighted by Crippen LogP contribution is 2.33. The van der Waals surface area contributed by atoms with Crippen molar-refractivity contribution in [3.63, 3.8) is 0 Å². The molecule has 0 aliphatic heterocycles. The number of nitrogens with one attached hydrogen (secondary N) is 3. The molecule has 1 atom stereocenters. The van der Waals surface area contributed by atoms with Crippen LogP contribution >= 0.6 is 0 Å². The number of anilines is 3. The van der Waals surface area contributed by atoms with Gasteiger partial charge < -0.3 is 40.6 Å². The van der Waals surface area contributed by atoms with Gasteiger partial charge in [-0.3, -0.25) is 0 Å². The van der Waals surface area contributed by atoms with Gasteiger partial charge in [0.05, 0.1) is 46.7 Å². The van der Waals surface area contributed by atoms with Gasteiger partial charge in [0, 0.05) is 19.6 Å². The maximum atomic E-state index is 5.60. The Labute approximate surface area is 223 Å². The van der Waals surface area contributed by atoms with Crippen molar-refractivity contribution in [3.8, 4) is 11.5 Å². The molecule has 11 nitrogen and oxygen atoms in total. The van der Waals surface area contributed by atoms with Crippen molar-refractivity contribution in [1.29, 1.82) is 0 Å². The molecule has 3 aromatic rings. The van der Waals surface area contributed by atoms with Crippen LogP contribution in [0.15, 0.2) is 42.5 Å². The summed E-state index contributed by atoms with van der Waals surface area (Å²) >= 11 is 0. The molecule has 1 heterocycles. The summed E-state index contributed by atoms with van der Waals surface area (Å²) < 4.78 is 21.7. The lowest BCUT2D eigenvalue weighted by Crippen LogP contribution is -2.18. The van der Waals surface area contributed by atoms with Crippen LogP contribution in [-0.4, -0.2) is 68.7 Å². The number of hydrogen-bond donors (Lipinski definition) is 4. The normalized spacial score (nSPS) is 14.1. The van der Waals surface area contributed by atoms with Gasteiger partial charge in [-0.1, -0.05) is 30.3 Å². The zero-order chi connectivity index (χ0) is 26.6. The van der Waals surface area contributed by atoms with Crippen LogP contribution in [0.2, 0.25) is 0 Å². The second-order valence-electron chi connectivity index (χ2n) is 8.72. The second kappa shape index (κ2) is 14.3. The molecule has 0 spiro atoms. The molecule has 11 heteroatoms. The number of hydrogen-bond acceptors (Lipinski definition) is 11. The van der Waals surface area contributed by atoms with Gasteiger partial charge in [0.1, 0.15) is 0 Å². The van der Waals surface area contributed by atoms with Gasteiger partial charge in [-0.05, 0) is 41.7 Å². The fourth-order valence-corrected chi connectivity index (χ4v) is 4.27. The molecule has 0 bridgehead atoms. The summed E-state index contributed by atoms with van der Waals surface area (Å²) in [6.45, 7) is 3.60. The molecule has 2 aromatic carbocycles. The first-order valence-corrected chi connectivity index (χ1v) is 12.8. The Morgan fingerprint density at radius 3 is 2.37 bits per heavy atom. The number of aryl methyl sites for hydroxylation is 1. The number of benzene rings is 2. The number of nitrogens with zero attached hydrogens (tertiary/aromatic N) is 3. The van der Waals surface area contributed by atoms with Gasteiger partial charge in [0.15, 0.2) is 11.5 Å². The number of nitrogens with two attached hydrogens (primary N) is 1.